The SMILES string of the molecule is CC1(C)CN(C(=O)c2ccnc(N)c2)CC(CO)O1. The number of anilines is 1. The molecule has 1 aliphatic rings. The van der Waals surface area contributed by atoms with Gasteiger partial charge in [-0.2, -0.15) is 0 Å². The summed E-state index contributed by atoms with van der Waals surface area (Å²) in [6, 6.07) is 3.19. The van der Waals surface area contributed by atoms with Crippen LogP contribution in [0.1, 0.15) is 24.2 Å². The van der Waals surface area contributed by atoms with E-state index in [-0.39, 0.29) is 18.6 Å². The summed E-state index contributed by atoms with van der Waals surface area (Å²) in [6.07, 6.45) is 1.16. The molecule has 1 unspecified atom stereocenters. The lowest BCUT2D eigenvalue weighted by atomic mass is 10.0. The Labute approximate surface area is 112 Å². The number of morpholine rings is 1. The third kappa shape index (κ3) is 3.21. The molecule has 1 aromatic rings. The number of rotatable bonds is 2. The third-order valence-electron chi connectivity index (χ3n) is 3.00. The number of carbonyl (C=O) groups excluding carboxylic acids is 1. The largest absolute Gasteiger partial charge is 0.394 e. The third-order valence-corrected chi connectivity index (χ3v) is 3.00. The zero-order valence-electron chi connectivity index (χ0n) is 11.2. The number of ether oxygens (including phenoxy) is 1. The Hall–Kier alpha value is -1.66. The molecular formula is C13H19N3O3. The normalized spacial score (nSPS) is 22.3. The van der Waals surface area contributed by atoms with Gasteiger partial charge in [-0.15, -0.1) is 0 Å². The fourth-order valence-electron chi connectivity index (χ4n) is 2.31. The van der Waals surface area contributed by atoms with E-state index in [1.165, 1.54) is 6.20 Å². The molecule has 3 N–H and O–H groups in total. The van der Waals surface area contributed by atoms with Crippen LogP contribution >= 0.6 is 0 Å². The first kappa shape index (κ1) is 13.8. The van der Waals surface area contributed by atoms with Gasteiger partial charge in [-0.3, -0.25) is 4.79 Å². The molecule has 6 heteroatoms. The van der Waals surface area contributed by atoms with Crippen molar-refractivity contribution in [1.29, 1.82) is 0 Å². The zero-order valence-corrected chi connectivity index (χ0v) is 11.2. The molecule has 1 saturated heterocycles. The van der Waals surface area contributed by atoms with Crippen molar-refractivity contribution in [2.75, 3.05) is 25.4 Å². The van der Waals surface area contributed by atoms with Crippen LogP contribution in [-0.4, -0.2) is 52.3 Å². The van der Waals surface area contributed by atoms with E-state index in [4.69, 9.17) is 10.5 Å². The van der Waals surface area contributed by atoms with Crippen LogP contribution in [0.5, 0.6) is 0 Å². The number of amides is 1. The number of aromatic nitrogens is 1. The van der Waals surface area contributed by atoms with E-state index in [2.05, 4.69) is 4.98 Å². The van der Waals surface area contributed by atoms with Crippen molar-refractivity contribution in [2.45, 2.75) is 25.6 Å². The summed E-state index contributed by atoms with van der Waals surface area (Å²) in [7, 11) is 0. The summed E-state index contributed by atoms with van der Waals surface area (Å²) in [4.78, 5) is 18.0. The van der Waals surface area contributed by atoms with Crippen LogP contribution in [0, 0.1) is 0 Å². The first-order chi connectivity index (χ1) is 8.91. The lowest BCUT2D eigenvalue weighted by Gasteiger charge is -2.42. The maximum absolute atomic E-state index is 12.4. The van der Waals surface area contributed by atoms with Crippen molar-refractivity contribution in [2.24, 2.45) is 0 Å². The van der Waals surface area contributed by atoms with Crippen molar-refractivity contribution in [3.8, 4) is 0 Å². The van der Waals surface area contributed by atoms with Crippen molar-refractivity contribution in [1.82, 2.24) is 9.88 Å². The van der Waals surface area contributed by atoms with Crippen molar-refractivity contribution >= 4 is 11.7 Å². The highest BCUT2D eigenvalue weighted by Crippen LogP contribution is 2.22. The van der Waals surface area contributed by atoms with Crippen LogP contribution in [-0.2, 0) is 4.74 Å². The van der Waals surface area contributed by atoms with Crippen molar-refractivity contribution in [3.63, 3.8) is 0 Å². The van der Waals surface area contributed by atoms with Gasteiger partial charge in [0.15, 0.2) is 0 Å². The van der Waals surface area contributed by atoms with Gasteiger partial charge in [-0.25, -0.2) is 4.98 Å². The average molecular weight is 265 g/mol. The summed E-state index contributed by atoms with van der Waals surface area (Å²) in [5.41, 5.74) is 5.62. The number of nitrogens with two attached hydrogens (primary N) is 1. The van der Waals surface area contributed by atoms with Gasteiger partial charge in [0.2, 0.25) is 0 Å². The van der Waals surface area contributed by atoms with Crippen LogP contribution in [0.3, 0.4) is 0 Å². The Morgan fingerprint density at radius 2 is 2.42 bits per heavy atom. The molecule has 0 bridgehead atoms. The fraction of sp³-hybridized carbons (Fsp3) is 0.538. The molecule has 104 valence electrons. The van der Waals surface area contributed by atoms with Gasteiger partial charge in [0.25, 0.3) is 5.91 Å². The Morgan fingerprint density at radius 3 is 3.05 bits per heavy atom. The minimum absolute atomic E-state index is 0.105. The number of hydrogen-bond donors (Lipinski definition) is 2. The maximum Gasteiger partial charge on any atom is 0.254 e. The first-order valence-corrected chi connectivity index (χ1v) is 6.21. The van der Waals surface area contributed by atoms with Gasteiger partial charge in [0.1, 0.15) is 5.82 Å². The molecule has 2 heterocycles. The topological polar surface area (TPSA) is 88.7 Å². The highest BCUT2D eigenvalue weighted by atomic mass is 16.5. The van der Waals surface area contributed by atoms with Crippen LogP contribution in [0.15, 0.2) is 18.3 Å². The van der Waals surface area contributed by atoms with Crippen molar-refractivity contribution < 1.29 is 14.6 Å². The van der Waals surface area contributed by atoms with E-state index in [1.807, 2.05) is 13.8 Å². The molecule has 0 saturated carbocycles. The number of aliphatic hydroxyl groups excluding tert-OH is 1. The summed E-state index contributed by atoms with van der Waals surface area (Å²) in [6.45, 7) is 4.54. The second-order valence-electron chi connectivity index (χ2n) is 5.34. The minimum atomic E-state index is -0.472. The average Bonchev–Trinajstić information content (AvgIpc) is 2.36. The molecule has 6 nitrogen and oxygen atoms in total. The Balaban J connectivity index is 2.18. The summed E-state index contributed by atoms with van der Waals surface area (Å²) >= 11 is 0. The molecular weight excluding hydrogens is 246 g/mol. The number of aliphatic hydroxyl groups is 1. The lowest BCUT2D eigenvalue weighted by Crippen LogP contribution is -2.55. The quantitative estimate of drug-likeness (QED) is 0.801. The first-order valence-electron chi connectivity index (χ1n) is 6.21. The second-order valence-corrected chi connectivity index (χ2v) is 5.34. The van der Waals surface area contributed by atoms with Gasteiger partial charge in [-0.05, 0) is 26.0 Å². The maximum atomic E-state index is 12.4. The van der Waals surface area contributed by atoms with Crippen LogP contribution < -0.4 is 5.73 Å². The summed E-state index contributed by atoms with van der Waals surface area (Å²) < 4.78 is 5.68. The molecule has 1 aromatic heterocycles. The highest BCUT2D eigenvalue weighted by Gasteiger charge is 2.35. The molecule has 19 heavy (non-hydrogen) atoms. The fourth-order valence-corrected chi connectivity index (χ4v) is 2.31. The van der Waals surface area contributed by atoms with E-state index in [0.29, 0.717) is 24.5 Å². The Kier molecular flexibility index (Phi) is 3.73. The molecule has 0 aliphatic carbocycles. The van der Waals surface area contributed by atoms with Gasteiger partial charge >= 0.3 is 0 Å². The van der Waals surface area contributed by atoms with Crippen LogP contribution in [0.4, 0.5) is 5.82 Å². The number of pyridine rings is 1. The Bertz CT molecular complexity index is 476. The molecule has 0 radical (unpaired) electrons. The zero-order chi connectivity index (χ0) is 14.0. The predicted molar refractivity (Wildman–Crippen MR) is 70.6 cm³/mol. The van der Waals surface area contributed by atoms with E-state index >= 15 is 0 Å². The lowest BCUT2D eigenvalue weighted by molar-refractivity contribution is -0.139. The minimum Gasteiger partial charge on any atom is -0.394 e. The van der Waals surface area contributed by atoms with Crippen LogP contribution in [0.2, 0.25) is 0 Å². The van der Waals surface area contributed by atoms with E-state index in [9.17, 15) is 9.90 Å². The van der Waals surface area contributed by atoms with Gasteiger partial charge in [0, 0.05) is 24.8 Å². The number of nitrogens with zero attached hydrogens (tertiary/aromatic N) is 2. The summed E-state index contributed by atoms with van der Waals surface area (Å²) in [5, 5.41) is 9.24. The molecule has 2 rings (SSSR count). The van der Waals surface area contributed by atoms with Gasteiger partial charge in [-0.1, -0.05) is 0 Å². The molecule has 1 fully saturated rings. The Morgan fingerprint density at radius 1 is 1.68 bits per heavy atom. The highest BCUT2D eigenvalue weighted by molar-refractivity contribution is 5.94. The monoisotopic (exact) mass is 265 g/mol. The summed E-state index contributed by atoms with van der Waals surface area (Å²) in [5.74, 6) is 0.195. The smallest absolute Gasteiger partial charge is 0.254 e. The van der Waals surface area contributed by atoms with Crippen LogP contribution in [0.25, 0.3) is 0 Å². The molecule has 1 amide bonds. The van der Waals surface area contributed by atoms with Crippen molar-refractivity contribution in [3.05, 3.63) is 23.9 Å². The number of nitrogen functional groups attached to an aromatic ring is 1. The van der Waals surface area contributed by atoms with Gasteiger partial charge in [0.05, 0.1) is 18.3 Å². The number of carbonyl (C=O) groups is 1. The standard InChI is InChI=1S/C13H19N3O3/c1-13(2)8-16(6-10(7-17)19-13)12(18)9-3-4-15-11(14)5-9/h3-5,10,17H,6-8H2,1-2H3,(H2,14,15). The predicted octanol–water partition coefficient (Wildman–Crippen LogP) is 0.276. The molecule has 1 atom stereocenters. The van der Waals surface area contributed by atoms with E-state index < -0.39 is 5.60 Å². The van der Waals surface area contributed by atoms with Gasteiger partial charge < -0.3 is 20.5 Å². The molecule has 1 aliphatic heterocycles. The molecule has 0 aromatic carbocycles. The number of hydrogen-bond acceptors (Lipinski definition) is 5. The molecule has 0 spiro atoms. The van der Waals surface area contributed by atoms with E-state index in [0.717, 1.165) is 0 Å². The van der Waals surface area contributed by atoms with E-state index in [1.54, 1.807) is 17.0 Å². The second kappa shape index (κ2) is 5.14.